The van der Waals surface area contributed by atoms with Crippen molar-refractivity contribution in [3.8, 4) is 23.1 Å². The molecule has 0 radical (unpaired) electrons. The van der Waals surface area contributed by atoms with Crippen molar-refractivity contribution in [1.82, 2.24) is 15.0 Å². The fourth-order valence-corrected chi connectivity index (χ4v) is 1.63. The molecule has 0 bridgehead atoms. The summed E-state index contributed by atoms with van der Waals surface area (Å²) in [5.74, 6) is 1.80. The summed E-state index contributed by atoms with van der Waals surface area (Å²) in [7, 11) is 0. The Hall–Kier alpha value is -2.75. The molecule has 0 unspecified atom stereocenters. The number of nitrogens with zero attached hydrogens (tertiary/aromatic N) is 3. The van der Waals surface area contributed by atoms with Crippen LogP contribution in [0, 0.1) is 0 Å². The van der Waals surface area contributed by atoms with Crippen LogP contribution >= 0.6 is 0 Å². The molecule has 92 valence electrons. The van der Waals surface area contributed by atoms with E-state index in [2.05, 4.69) is 15.0 Å². The zero-order valence-electron chi connectivity index (χ0n) is 10.1. The lowest BCUT2D eigenvalue weighted by Gasteiger charge is -2.05. The van der Waals surface area contributed by atoms with E-state index in [0.29, 0.717) is 11.7 Å². The van der Waals surface area contributed by atoms with Crippen molar-refractivity contribution in [2.75, 3.05) is 0 Å². The van der Waals surface area contributed by atoms with Crippen molar-refractivity contribution in [2.45, 2.75) is 0 Å². The van der Waals surface area contributed by atoms with Gasteiger partial charge in [0.25, 0.3) is 0 Å². The molecule has 0 aliphatic carbocycles. The maximum Gasteiger partial charge on any atom is 0.222 e. The van der Waals surface area contributed by atoms with Gasteiger partial charge < -0.3 is 4.74 Å². The van der Waals surface area contributed by atoms with Gasteiger partial charge in [-0.1, -0.05) is 24.3 Å². The van der Waals surface area contributed by atoms with Crippen LogP contribution in [0.5, 0.6) is 11.6 Å². The van der Waals surface area contributed by atoms with Crippen molar-refractivity contribution >= 4 is 0 Å². The fourth-order valence-electron chi connectivity index (χ4n) is 1.63. The first kappa shape index (κ1) is 11.3. The third kappa shape index (κ3) is 2.74. The lowest BCUT2D eigenvalue weighted by atomic mass is 10.3. The van der Waals surface area contributed by atoms with Crippen LogP contribution < -0.4 is 4.74 Å². The number of para-hydroxylation sites is 1. The molecule has 0 fully saturated rings. The summed E-state index contributed by atoms with van der Waals surface area (Å²) < 4.78 is 5.66. The molecular weight excluding hydrogens is 238 g/mol. The van der Waals surface area contributed by atoms with Crippen molar-refractivity contribution in [3.63, 3.8) is 0 Å². The third-order valence-corrected chi connectivity index (χ3v) is 2.49. The molecule has 3 rings (SSSR count). The largest absolute Gasteiger partial charge is 0.439 e. The number of pyridine rings is 1. The van der Waals surface area contributed by atoms with Crippen molar-refractivity contribution < 1.29 is 4.74 Å². The summed E-state index contributed by atoms with van der Waals surface area (Å²) in [5.41, 5.74) is 0.723. The van der Waals surface area contributed by atoms with Crippen LogP contribution in [0.2, 0.25) is 0 Å². The van der Waals surface area contributed by atoms with E-state index in [1.54, 1.807) is 18.5 Å². The minimum atomic E-state index is 0.502. The standard InChI is InChI=1S/C15H11N3O/c1-2-6-12(7-3-1)19-14-9-11-17-15(18-14)13-8-4-5-10-16-13/h1-11H. The summed E-state index contributed by atoms with van der Waals surface area (Å²) in [6, 6.07) is 16.9. The molecule has 0 aliphatic rings. The molecule has 0 amide bonds. The van der Waals surface area contributed by atoms with Gasteiger partial charge in [-0.15, -0.1) is 0 Å². The molecule has 0 aliphatic heterocycles. The van der Waals surface area contributed by atoms with E-state index in [0.717, 1.165) is 11.4 Å². The predicted molar refractivity (Wildman–Crippen MR) is 71.8 cm³/mol. The van der Waals surface area contributed by atoms with Gasteiger partial charge >= 0.3 is 0 Å². The Balaban J connectivity index is 1.89. The van der Waals surface area contributed by atoms with Crippen molar-refractivity contribution in [2.24, 2.45) is 0 Å². The molecule has 3 aromatic rings. The average Bonchev–Trinajstić information content (AvgIpc) is 2.49. The van der Waals surface area contributed by atoms with E-state index in [4.69, 9.17) is 4.74 Å². The fraction of sp³-hybridized carbons (Fsp3) is 0. The highest BCUT2D eigenvalue weighted by Gasteiger charge is 2.04. The van der Waals surface area contributed by atoms with Gasteiger partial charge in [-0.3, -0.25) is 4.98 Å². The zero-order chi connectivity index (χ0) is 12.9. The number of hydrogen-bond donors (Lipinski definition) is 0. The predicted octanol–water partition coefficient (Wildman–Crippen LogP) is 3.33. The summed E-state index contributed by atoms with van der Waals surface area (Å²) >= 11 is 0. The SMILES string of the molecule is c1ccc(Oc2ccnc(-c3ccccn3)n2)cc1. The van der Waals surface area contributed by atoms with E-state index >= 15 is 0 Å². The Morgan fingerprint density at radius 1 is 0.737 bits per heavy atom. The van der Waals surface area contributed by atoms with Crippen LogP contribution in [-0.4, -0.2) is 15.0 Å². The second-order valence-electron chi connectivity index (χ2n) is 3.85. The van der Waals surface area contributed by atoms with Gasteiger partial charge in [-0.2, -0.15) is 4.98 Å². The summed E-state index contributed by atoms with van der Waals surface area (Å²) in [4.78, 5) is 12.8. The third-order valence-electron chi connectivity index (χ3n) is 2.49. The number of benzene rings is 1. The molecule has 0 spiro atoms. The lowest BCUT2D eigenvalue weighted by Crippen LogP contribution is -1.94. The van der Waals surface area contributed by atoms with E-state index < -0.39 is 0 Å². The molecule has 0 atom stereocenters. The quantitative estimate of drug-likeness (QED) is 0.714. The monoisotopic (exact) mass is 249 g/mol. The van der Waals surface area contributed by atoms with E-state index in [1.165, 1.54) is 0 Å². The summed E-state index contributed by atoms with van der Waals surface area (Å²) in [6.07, 6.45) is 3.37. The molecular formula is C15H11N3O. The zero-order valence-corrected chi connectivity index (χ0v) is 10.1. The molecule has 19 heavy (non-hydrogen) atoms. The van der Waals surface area contributed by atoms with E-state index in [9.17, 15) is 0 Å². The lowest BCUT2D eigenvalue weighted by molar-refractivity contribution is 0.462. The first-order valence-electron chi connectivity index (χ1n) is 5.89. The first-order chi connectivity index (χ1) is 9.42. The Morgan fingerprint density at radius 3 is 2.37 bits per heavy atom. The first-order valence-corrected chi connectivity index (χ1v) is 5.89. The van der Waals surface area contributed by atoms with Crippen LogP contribution in [0.1, 0.15) is 0 Å². The van der Waals surface area contributed by atoms with E-state index in [-0.39, 0.29) is 0 Å². The van der Waals surface area contributed by atoms with E-state index in [1.807, 2.05) is 48.5 Å². The Morgan fingerprint density at radius 2 is 1.58 bits per heavy atom. The molecule has 4 nitrogen and oxygen atoms in total. The van der Waals surface area contributed by atoms with Gasteiger partial charge in [0.15, 0.2) is 5.82 Å². The number of aromatic nitrogens is 3. The second kappa shape index (κ2) is 5.27. The number of hydrogen-bond acceptors (Lipinski definition) is 4. The molecule has 2 heterocycles. The van der Waals surface area contributed by atoms with Crippen LogP contribution in [0.4, 0.5) is 0 Å². The van der Waals surface area contributed by atoms with Gasteiger partial charge in [-0.25, -0.2) is 4.98 Å². The highest BCUT2D eigenvalue weighted by Crippen LogP contribution is 2.20. The van der Waals surface area contributed by atoms with Gasteiger partial charge in [0.2, 0.25) is 5.88 Å². The molecule has 2 aromatic heterocycles. The molecule has 0 saturated heterocycles. The van der Waals surface area contributed by atoms with Crippen LogP contribution in [0.3, 0.4) is 0 Å². The highest BCUT2D eigenvalue weighted by atomic mass is 16.5. The summed E-state index contributed by atoms with van der Waals surface area (Å²) in [6.45, 7) is 0. The Bertz CT molecular complexity index is 657. The van der Waals surface area contributed by atoms with Gasteiger partial charge in [0, 0.05) is 18.5 Å². The topological polar surface area (TPSA) is 47.9 Å². The maximum absolute atomic E-state index is 5.66. The van der Waals surface area contributed by atoms with Crippen molar-refractivity contribution in [3.05, 3.63) is 67.0 Å². The highest BCUT2D eigenvalue weighted by molar-refractivity contribution is 5.48. The maximum atomic E-state index is 5.66. The Labute approximate surface area is 110 Å². The normalized spacial score (nSPS) is 10.1. The molecule has 1 aromatic carbocycles. The van der Waals surface area contributed by atoms with Gasteiger partial charge in [0.05, 0.1) is 0 Å². The average molecular weight is 249 g/mol. The molecule has 0 N–H and O–H groups in total. The Kier molecular flexibility index (Phi) is 3.14. The van der Waals surface area contributed by atoms with Gasteiger partial charge in [0.1, 0.15) is 11.4 Å². The molecule has 4 heteroatoms. The van der Waals surface area contributed by atoms with Crippen molar-refractivity contribution in [1.29, 1.82) is 0 Å². The summed E-state index contributed by atoms with van der Waals surface area (Å²) in [5, 5.41) is 0. The molecule has 0 saturated carbocycles. The van der Waals surface area contributed by atoms with Crippen LogP contribution in [-0.2, 0) is 0 Å². The second-order valence-corrected chi connectivity index (χ2v) is 3.85. The number of rotatable bonds is 3. The smallest absolute Gasteiger partial charge is 0.222 e. The minimum Gasteiger partial charge on any atom is -0.439 e. The number of ether oxygens (including phenoxy) is 1. The minimum absolute atomic E-state index is 0.502. The van der Waals surface area contributed by atoms with Crippen LogP contribution in [0.25, 0.3) is 11.5 Å². The van der Waals surface area contributed by atoms with Crippen LogP contribution in [0.15, 0.2) is 67.0 Å². The van der Waals surface area contributed by atoms with Gasteiger partial charge in [-0.05, 0) is 24.3 Å².